The molecular weight excluding hydrogens is 351 g/mol. The Balaban J connectivity index is 0.00000288. The summed E-state index contributed by atoms with van der Waals surface area (Å²) in [6, 6.07) is 3.33. The second-order valence-corrected chi connectivity index (χ2v) is 6.43. The number of hydrogen-bond acceptors (Lipinski definition) is 4. The maximum atomic E-state index is 12.4. The van der Waals surface area contributed by atoms with E-state index in [0.29, 0.717) is 40.5 Å². The molecule has 2 N–H and O–H groups in total. The Morgan fingerprint density at radius 1 is 1.38 bits per heavy atom. The standard InChI is InChI=1S/C17H25ClN2O3.ClH/c1-11(12-5-4-6-19-10-12)7-17(21)20-14-9-15(22-2)13(18)8-16(14)23-3;/h8-9,11-12,19H,4-7,10H2,1-3H3,(H,20,21);1H. The van der Waals surface area contributed by atoms with E-state index in [1.165, 1.54) is 20.0 Å². The lowest BCUT2D eigenvalue weighted by Gasteiger charge is -2.28. The molecule has 0 saturated carbocycles. The zero-order chi connectivity index (χ0) is 16.8. The van der Waals surface area contributed by atoms with Crippen LogP contribution < -0.4 is 20.1 Å². The Bertz CT molecular complexity index is 549. The lowest BCUT2D eigenvalue weighted by Crippen LogP contribution is -2.34. The van der Waals surface area contributed by atoms with Crippen LogP contribution in [0.5, 0.6) is 11.5 Å². The number of amides is 1. The van der Waals surface area contributed by atoms with Gasteiger partial charge >= 0.3 is 0 Å². The first-order chi connectivity index (χ1) is 11.0. The van der Waals surface area contributed by atoms with Crippen LogP contribution in [0.25, 0.3) is 0 Å². The van der Waals surface area contributed by atoms with E-state index in [1.807, 2.05) is 0 Å². The summed E-state index contributed by atoms with van der Waals surface area (Å²) in [7, 11) is 3.08. The Kier molecular flexibility index (Phi) is 8.67. The van der Waals surface area contributed by atoms with Crippen molar-refractivity contribution in [1.82, 2.24) is 5.32 Å². The van der Waals surface area contributed by atoms with E-state index in [9.17, 15) is 4.79 Å². The molecule has 1 amide bonds. The van der Waals surface area contributed by atoms with Gasteiger partial charge in [0.25, 0.3) is 0 Å². The summed E-state index contributed by atoms with van der Waals surface area (Å²) in [4.78, 5) is 12.4. The maximum Gasteiger partial charge on any atom is 0.224 e. The molecule has 136 valence electrons. The number of rotatable bonds is 6. The molecule has 1 aliphatic heterocycles. The van der Waals surface area contributed by atoms with Crippen molar-refractivity contribution >= 4 is 35.6 Å². The van der Waals surface area contributed by atoms with Gasteiger partial charge in [-0.15, -0.1) is 12.4 Å². The number of carbonyl (C=O) groups is 1. The third-order valence-electron chi connectivity index (χ3n) is 4.40. The molecule has 0 radical (unpaired) electrons. The predicted molar refractivity (Wildman–Crippen MR) is 99.8 cm³/mol. The van der Waals surface area contributed by atoms with Crippen molar-refractivity contribution in [1.29, 1.82) is 0 Å². The summed E-state index contributed by atoms with van der Waals surface area (Å²) < 4.78 is 10.5. The first-order valence-electron chi connectivity index (χ1n) is 7.97. The predicted octanol–water partition coefficient (Wildman–Crippen LogP) is 3.74. The number of methoxy groups -OCH3 is 2. The second-order valence-electron chi connectivity index (χ2n) is 6.02. The van der Waals surface area contributed by atoms with E-state index in [4.69, 9.17) is 21.1 Å². The first-order valence-corrected chi connectivity index (χ1v) is 8.35. The van der Waals surface area contributed by atoms with E-state index in [1.54, 1.807) is 19.2 Å². The smallest absolute Gasteiger partial charge is 0.224 e. The normalized spacial score (nSPS) is 18.2. The minimum Gasteiger partial charge on any atom is -0.495 e. The Morgan fingerprint density at radius 3 is 2.67 bits per heavy atom. The van der Waals surface area contributed by atoms with E-state index in [0.717, 1.165) is 13.1 Å². The van der Waals surface area contributed by atoms with Crippen LogP contribution >= 0.6 is 24.0 Å². The van der Waals surface area contributed by atoms with E-state index >= 15 is 0 Å². The molecule has 2 unspecified atom stereocenters. The Morgan fingerprint density at radius 2 is 2.08 bits per heavy atom. The van der Waals surface area contributed by atoms with Crippen LogP contribution in [-0.4, -0.2) is 33.2 Å². The Hall–Kier alpha value is -1.17. The third kappa shape index (κ3) is 5.43. The number of nitrogens with one attached hydrogen (secondary N) is 2. The van der Waals surface area contributed by atoms with E-state index in [2.05, 4.69) is 17.6 Å². The lowest BCUT2D eigenvalue weighted by molar-refractivity contribution is -0.117. The Labute approximate surface area is 154 Å². The van der Waals surface area contributed by atoms with Gasteiger partial charge in [0.05, 0.1) is 24.9 Å². The minimum atomic E-state index is -0.0225. The van der Waals surface area contributed by atoms with Crippen molar-refractivity contribution in [2.75, 3.05) is 32.6 Å². The number of benzene rings is 1. The summed E-state index contributed by atoms with van der Waals surface area (Å²) in [5, 5.41) is 6.75. The van der Waals surface area contributed by atoms with Crippen LogP contribution in [-0.2, 0) is 4.79 Å². The summed E-state index contributed by atoms with van der Waals surface area (Å²) >= 11 is 6.08. The van der Waals surface area contributed by atoms with E-state index < -0.39 is 0 Å². The van der Waals surface area contributed by atoms with Gasteiger partial charge in [-0.25, -0.2) is 0 Å². The second kappa shape index (κ2) is 9.97. The van der Waals surface area contributed by atoms with Crippen molar-refractivity contribution in [3.63, 3.8) is 0 Å². The van der Waals surface area contributed by atoms with Gasteiger partial charge < -0.3 is 20.1 Å². The van der Waals surface area contributed by atoms with Crippen LogP contribution in [0.3, 0.4) is 0 Å². The molecule has 24 heavy (non-hydrogen) atoms. The molecule has 0 aliphatic carbocycles. The van der Waals surface area contributed by atoms with Crippen LogP contribution in [0.15, 0.2) is 12.1 Å². The molecule has 2 rings (SSSR count). The van der Waals surface area contributed by atoms with Crippen molar-refractivity contribution in [2.24, 2.45) is 11.8 Å². The number of ether oxygens (including phenoxy) is 2. The summed E-state index contributed by atoms with van der Waals surface area (Å²) in [5.41, 5.74) is 0.577. The fraction of sp³-hybridized carbons (Fsp3) is 0.588. The van der Waals surface area contributed by atoms with Gasteiger partial charge in [-0.3, -0.25) is 4.79 Å². The molecule has 0 spiro atoms. The van der Waals surface area contributed by atoms with Crippen LogP contribution in [0.4, 0.5) is 5.69 Å². The van der Waals surface area contributed by atoms with Gasteiger partial charge in [0.2, 0.25) is 5.91 Å². The molecule has 1 aromatic rings. The van der Waals surface area contributed by atoms with Gasteiger partial charge in [0, 0.05) is 18.6 Å². The molecule has 5 nitrogen and oxygen atoms in total. The van der Waals surface area contributed by atoms with Crippen molar-refractivity contribution in [3.05, 3.63) is 17.2 Å². The van der Waals surface area contributed by atoms with Gasteiger partial charge in [-0.05, 0) is 37.8 Å². The van der Waals surface area contributed by atoms with Crippen molar-refractivity contribution in [3.8, 4) is 11.5 Å². The zero-order valence-corrected chi connectivity index (χ0v) is 15.9. The molecule has 1 heterocycles. The topological polar surface area (TPSA) is 59.6 Å². The highest BCUT2D eigenvalue weighted by Crippen LogP contribution is 2.36. The molecule has 1 fully saturated rings. The highest BCUT2D eigenvalue weighted by Gasteiger charge is 2.22. The number of halogens is 2. The fourth-order valence-corrected chi connectivity index (χ4v) is 3.21. The van der Waals surface area contributed by atoms with Crippen molar-refractivity contribution < 1.29 is 14.3 Å². The average molecular weight is 377 g/mol. The molecule has 1 aliphatic rings. The fourth-order valence-electron chi connectivity index (χ4n) is 2.98. The largest absolute Gasteiger partial charge is 0.495 e. The molecule has 2 atom stereocenters. The highest BCUT2D eigenvalue weighted by molar-refractivity contribution is 6.32. The zero-order valence-electron chi connectivity index (χ0n) is 14.4. The number of hydrogen-bond donors (Lipinski definition) is 2. The summed E-state index contributed by atoms with van der Waals surface area (Å²) in [6.07, 6.45) is 2.85. The highest BCUT2D eigenvalue weighted by atomic mass is 35.5. The van der Waals surface area contributed by atoms with Crippen LogP contribution in [0, 0.1) is 11.8 Å². The molecule has 7 heteroatoms. The van der Waals surface area contributed by atoms with Crippen molar-refractivity contribution in [2.45, 2.75) is 26.2 Å². The SMILES string of the molecule is COc1cc(NC(=O)CC(C)C2CCCNC2)c(OC)cc1Cl.Cl. The number of piperidine rings is 1. The minimum absolute atomic E-state index is 0. The molecule has 1 saturated heterocycles. The van der Waals surface area contributed by atoms with Crippen LogP contribution in [0.2, 0.25) is 5.02 Å². The quantitative estimate of drug-likeness (QED) is 0.793. The maximum absolute atomic E-state index is 12.4. The molecular formula is C17H26Cl2N2O3. The lowest BCUT2D eigenvalue weighted by atomic mass is 9.85. The van der Waals surface area contributed by atoms with Gasteiger partial charge in [0.1, 0.15) is 11.5 Å². The number of carbonyl (C=O) groups excluding carboxylic acids is 1. The summed E-state index contributed by atoms with van der Waals surface area (Å²) in [6.45, 7) is 4.21. The van der Waals surface area contributed by atoms with Crippen LogP contribution in [0.1, 0.15) is 26.2 Å². The van der Waals surface area contributed by atoms with Gasteiger partial charge in [0.15, 0.2) is 0 Å². The third-order valence-corrected chi connectivity index (χ3v) is 4.69. The van der Waals surface area contributed by atoms with Gasteiger partial charge in [-0.2, -0.15) is 0 Å². The number of anilines is 1. The first kappa shape index (κ1) is 20.9. The van der Waals surface area contributed by atoms with E-state index in [-0.39, 0.29) is 18.3 Å². The molecule has 0 bridgehead atoms. The summed E-state index contributed by atoms with van der Waals surface area (Å²) in [5.74, 6) is 1.90. The average Bonchev–Trinajstić information content (AvgIpc) is 2.56. The molecule has 1 aromatic carbocycles. The monoisotopic (exact) mass is 376 g/mol. The van der Waals surface area contributed by atoms with Gasteiger partial charge in [-0.1, -0.05) is 18.5 Å². The molecule has 0 aromatic heterocycles.